The van der Waals surface area contributed by atoms with E-state index in [1.807, 2.05) is 29.6 Å². The number of nitrogens with zero attached hydrogens (tertiary/aromatic N) is 6. The Morgan fingerprint density at radius 1 is 1.19 bits per heavy atom. The summed E-state index contributed by atoms with van der Waals surface area (Å²) in [5.74, 6) is 2.63. The van der Waals surface area contributed by atoms with Gasteiger partial charge in [0.25, 0.3) is 5.89 Å². The number of hydrogen-bond acceptors (Lipinski definition) is 8. The molecule has 4 heterocycles. The first-order valence-corrected chi connectivity index (χ1v) is 10.0. The number of thioether (sulfide) groups is 1. The third-order valence-corrected chi connectivity index (χ3v) is 5.45. The van der Waals surface area contributed by atoms with Gasteiger partial charge in [0, 0.05) is 24.5 Å². The Labute approximate surface area is 158 Å². The number of aromatic nitrogens is 6. The lowest BCUT2D eigenvalue weighted by atomic mass is 10.2. The van der Waals surface area contributed by atoms with E-state index in [0.29, 0.717) is 17.5 Å². The van der Waals surface area contributed by atoms with E-state index in [0.717, 1.165) is 34.4 Å². The van der Waals surface area contributed by atoms with Crippen LogP contribution in [-0.4, -0.2) is 29.9 Å². The highest BCUT2D eigenvalue weighted by molar-refractivity contribution is 7.98. The Balaban J connectivity index is 1.52. The van der Waals surface area contributed by atoms with Crippen molar-refractivity contribution in [3.8, 4) is 22.2 Å². The molecule has 0 aliphatic carbocycles. The van der Waals surface area contributed by atoms with Gasteiger partial charge in [0.1, 0.15) is 0 Å². The largest absolute Gasteiger partial charge is 0.333 e. The summed E-state index contributed by atoms with van der Waals surface area (Å²) in [5.41, 5.74) is 1.01. The summed E-state index contributed by atoms with van der Waals surface area (Å²) >= 11 is 3.14. The van der Waals surface area contributed by atoms with Crippen LogP contribution in [0.4, 0.5) is 0 Å². The van der Waals surface area contributed by atoms with E-state index in [1.54, 1.807) is 35.5 Å². The standard InChI is InChI=1S/C17H16N6OS2/c1-2-9-23-15(12-5-7-18-8-6-12)20-21-17(23)26-11-14-19-16(24-22-14)13-4-3-10-25-13/h3-8,10H,2,9,11H2,1H3. The van der Waals surface area contributed by atoms with Crippen molar-refractivity contribution in [2.24, 2.45) is 0 Å². The summed E-state index contributed by atoms with van der Waals surface area (Å²) in [7, 11) is 0. The van der Waals surface area contributed by atoms with Crippen molar-refractivity contribution in [1.29, 1.82) is 0 Å². The topological polar surface area (TPSA) is 82.5 Å². The minimum atomic E-state index is 0.558. The second-order valence-electron chi connectivity index (χ2n) is 5.48. The average Bonchev–Trinajstić information content (AvgIpc) is 3.42. The number of hydrogen-bond donors (Lipinski definition) is 0. The maximum absolute atomic E-state index is 5.34. The monoisotopic (exact) mass is 384 g/mol. The van der Waals surface area contributed by atoms with E-state index in [2.05, 4.69) is 36.8 Å². The van der Waals surface area contributed by atoms with Gasteiger partial charge in [-0.3, -0.25) is 4.98 Å². The Morgan fingerprint density at radius 3 is 2.85 bits per heavy atom. The Morgan fingerprint density at radius 2 is 2.08 bits per heavy atom. The molecule has 4 aromatic rings. The molecule has 0 atom stereocenters. The van der Waals surface area contributed by atoms with Gasteiger partial charge in [0.15, 0.2) is 16.8 Å². The van der Waals surface area contributed by atoms with Crippen molar-refractivity contribution in [2.45, 2.75) is 30.8 Å². The predicted octanol–water partition coefficient (Wildman–Crippen LogP) is 4.15. The van der Waals surface area contributed by atoms with E-state index in [-0.39, 0.29) is 0 Å². The molecule has 0 saturated carbocycles. The van der Waals surface area contributed by atoms with Crippen LogP contribution >= 0.6 is 23.1 Å². The molecule has 132 valence electrons. The fraction of sp³-hybridized carbons (Fsp3) is 0.235. The van der Waals surface area contributed by atoms with Gasteiger partial charge >= 0.3 is 0 Å². The lowest BCUT2D eigenvalue weighted by Crippen LogP contribution is -2.02. The minimum Gasteiger partial charge on any atom is -0.333 e. The summed E-state index contributed by atoms with van der Waals surface area (Å²) in [5, 5.41) is 15.6. The van der Waals surface area contributed by atoms with Crippen LogP contribution in [0, 0.1) is 0 Å². The number of rotatable bonds is 7. The molecule has 0 radical (unpaired) electrons. The van der Waals surface area contributed by atoms with Crippen LogP contribution in [0.15, 0.2) is 51.7 Å². The van der Waals surface area contributed by atoms with E-state index in [4.69, 9.17) is 4.52 Å². The van der Waals surface area contributed by atoms with Gasteiger partial charge in [0.2, 0.25) is 0 Å². The van der Waals surface area contributed by atoms with Crippen molar-refractivity contribution >= 4 is 23.1 Å². The van der Waals surface area contributed by atoms with Gasteiger partial charge in [-0.15, -0.1) is 21.5 Å². The molecule has 7 nitrogen and oxygen atoms in total. The molecule has 0 aliphatic rings. The zero-order valence-corrected chi connectivity index (χ0v) is 15.7. The summed E-state index contributed by atoms with van der Waals surface area (Å²) in [6, 6.07) is 7.81. The fourth-order valence-electron chi connectivity index (χ4n) is 2.48. The zero-order chi connectivity index (χ0) is 17.8. The van der Waals surface area contributed by atoms with Crippen LogP contribution in [0.3, 0.4) is 0 Å². The summed E-state index contributed by atoms with van der Waals surface area (Å²) in [6.45, 7) is 2.98. The molecule has 0 saturated heterocycles. The zero-order valence-electron chi connectivity index (χ0n) is 14.1. The summed E-state index contributed by atoms with van der Waals surface area (Å²) in [6.07, 6.45) is 4.52. The first-order valence-electron chi connectivity index (χ1n) is 8.18. The third-order valence-electron chi connectivity index (χ3n) is 3.63. The quantitative estimate of drug-likeness (QED) is 0.443. The molecule has 0 aliphatic heterocycles. The van der Waals surface area contributed by atoms with Crippen molar-refractivity contribution in [1.82, 2.24) is 29.9 Å². The Hall–Kier alpha value is -2.52. The SMILES string of the molecule is CCCn1c(SCc2noc(-c3cccs3)n2)nnc1-c1ccncc1. The molecular weight excluding hydrogens is 368 g/mol. The maximum Gasteiger partial charge on any atom is 0.268 e. The van der Waals surface area contributed by atoms with Crippen LogP contribution in [0.1, 0.15) is 19.2 Å². The smallest absolute Gasteiger partial charge is 0.268 e. The van der Waals surface area contributed by atoms with E-state index >= 15 is 0 Å². The Kier molecular flexibility index (Phi) is 5.07. The molecular formula is C17H16N6OS2. The molecule has 0 aromatic carbocycles. The van der Waals surface area contributed by atoms with Crippen molar-refractivity contribution < 1.29 is 4.52 Å². The van der Waals surface area contributed by atoms with E-state index in [1.165, 1.54) is 0 Å². The molecule has 0 unspecified atom stereocenters. The first-order chi connectivity index (χ1) is 12.8. The van der Waals surface area contributed by atoms with Gasteiger partial charge in [-0.1, -0.05) is 29.9 Å². The molecule has 9 heteroatoms. The van der Waals surface area contributed by atoms with Gasteiger partial charge in [-0.05, 0) is 30.0 Å². The van der Waals surface area contributed by atoms with Crippen LogP contribution in [-0.2, 0) is 12.3 Å². The Bertz CT molecular complexity index is 964. The minimum absolute atomic E-state index is 0.558. The van der Waals surface area contributed by atoms with Crippen LogP contribution in [0.25, 0.3) is 22.2 Å². The van der Waals surface area contributed by atoms with Crippen molar-refractivity contribution in [3.05, 3.63) is 47.9 Å². The highest BCUT2D eigenvalue weighted by atomic mass is 32.2. The highest BCUT2D eigenvalue weighted by Crippen LogP contribution is 2.27. The second kappa shape index (κ2) is 7.79. The number of thiophene rings is 1. The van der Waals surface area contributed by atoms with Gasteiger partial charge in [-0.2, -0.15) is 4.98 Å². The highest BCUT2D eigenvalue weighted by Gasteiger charge is 2.16. The van der Waals surface area contributed by atoms with E-state index < -0.39 is 0 Å². The van der Waals surface area contributed by atoms with Crippen LogP contribution in [0.2, 0.25) is 0 Å². The van der Waals surface area contributed by atoms with Gasteiger partial charge in [0.05, 0.1) is 10.6 Å². The molecule has 0 spiro atoms. The molecule has 26 heavy (non-hydrogen) atoms. The molecule has 0 amide bonds. The molecule has 4 aromatic heterocycles. The second-order valence-corrected chi connectivity index (χ2v) is 7.37. The van der Waals surface area contributed by atoms with Gasteiger partial charge < -0.3 is 9.09 Å². The van der Waals surface area contributed by atoms with Gasteiger partial charge in [-0.25, -0.2) is 0 Å². The summed E-state index contributed by atoms with van der Waals surface area (Å²) < 4.78 is 7.46. The molecule has 0 bridgehead atoms. The fourth-order valence-corrected chi connectivity index (χ4v) is 3.93. The lowest BCUT2D eigenvalue weighted by molar-refractivity contribution is 0.426. The molecule has 4 rings (SSSR count). The van der Waals surface area contributed by atoms with Crippen molar-refractivity contribution in [3.63, 3.8) is 0 Å². The van der Waals surface area contributed by atoms with E-state index in [9.17, 15) is 0 Å². The molecule has 0 N–H and O–H groups in total. The summed E-state index contributed by atoms with van der Waals surface area (Å²) in [4.78, 5) is 9.49. The lowest BCUT2D eigenvalue weighted by Gasteiger charge is -2.07. The average molecular weight is 384 g/mol. The predicted molar refractivity (Wildman–Crippen MR) is 101 cm³/mol. The van der Waals surface area contributed by atoms with Crippen LogP contribution < -0.4 is 0 Å². The normalized spacial score (nSPS) is 11.1. The first kappa shape index (κ1) is 16.9. The van der Waals surface area contributed by atoms with Crippen molar-refractivity contribution in [2.75, 3.05) is 0 Å². The molecule has 0 fully saturated rings. The third kappa shape index (κ3) is 3.54. The van der Waals surface area contributed by atoms with Crippen LogP contribution in [0.5, 0.6) is 0 Å². The number of pyridine rings is 1. The maximum atomic E-state index is 5.34.